The predicted molar refractivity (Wildman–Crippen MR) is 74.1 cm³/mol. The number of carbonyl (C=O) groups is 1. The lowest BCUT2D eigenvalue weighted by molar-refractivity contribution is -0.167. The summed E-state index contributed by atoms with van der Waals surface area (Å²) in [6.45, 7) is 0.508. The summed E-state index contributed by atoms with van der Waals surface area (Å²) in [4.78, 5) is 11.0. The van der Waals surface area contributed by atoms with Gasteiger partial charge in [-0.3, -0.25) is 4.79 Å². The largest absolute Gasteiger partial charge is 0.491 e. The summed E-state index contributed by atoms with van der Waals surface area (Å²) in [5, 5.41) is 13.3. The number of carbonyl (C=O) groups excluding carboxylic acids is 1. The third kappa shape index (κ3) is 5.78. The molecule has 0 spiro atoms. The van der Waals surface area contributed by atoms with Crippen LogP contribution in [0.1, 0.15) is 0 Å². The van der Waals surface area contributed by atoms with Gasteiger partial charge in [0.05, 0.1) is 24.6 Å². The Hall–Kier alpha value is -2.00. The van der Waals surface area contributed by atoms with Gasteiger partial charge in [0.2, 0.25) is 0 Å². The van der Waals surface area contributed by atoms with Crippen LogP contribution in [0, 0.1) is 0 Å². The number of anilines is 2. The van der Waals surface area contributed by atoms with E-state index in [0.717, 1.165) is 0 Å². The number of nitrogens with one attached hydrogen (secondary N) is 2. The lowest BCUT2D eigenvalue weighted by Gasteiger charge is -2.15. The van der Waals surface area contributed by atoms with Crippen LogP contribution >= 0.6 is 0 Å². The first kappa shape index (κ1) is 18.1. The second-order valence-electron chi connectivity index (χ2n) is 4.15. The van der Waals surface area contributed by atoms with Crippen LogP contribution in [0.25, 0.3) is 0 Å². The summed E-state index contributed by atoms with van der Waals surface area (Å²) in [5.74, 6) is -1.69. The normalized spacial score (nSPS) is 11.1. The first-order valence-electron chi connectivity index (χ1n) is 6.37. The summed E-state index contributed by atoms with van der Waals surface area (Å²) in [6.07, 6.45) is -4.98. The van der Waals surface area contributed by atoms with Gasteiger partial charge in [-0.15, -0.1) is 0 Å². The van der Waals surface area contributed by atoms with Crippen molar-refractivity contribution in [1.29, 1.82) is 0 Å². The Balaban J connectivity index is 2.88. The third-order valence-electron chi connectivity index (χ3n) is 2.48. The minimum atomic E-state index is -4.98. The summed E-state index contributed by atoms with van der Waals surface area (Å²) in [7, 11) is 1.51. The SMILES string of the molecule is COCCOc1ccc(NC(=O)C(F)(F)F)c(NCCO)c1. The van der Waals surface area contributed by atoms with Gasteiger partial charge in [-0.05, 0) is 12.1 Å². The number of aliphatic hydroxyl groups is 1. The highest BCUT2D eigenvalue weighted by Gasteiger charge is 2.39. The monoisotopic (exact) mass is 322 g/mol. The van der Waals surface area contributed by atoms with Gasteiger partial charge >= 0.3 is 12.1 Å². The van der Waals surface area contributed by atoms with Gasteiger partial charge in [0.25, 0.3) is 0 Å². The zero-order valence-electron chi connectivity index (χ0n) is 11.9. The number of benzene rings is 1. The fraction of sp³-hybridized carbons (Fsp3) is 0.462. The smallest absolute Gasteiger partial charge is 0.471 e. The molecule has 0 bridgehead atoms. The van der Waals surface area contributed by atoms with E-state index in [4.69, 9.17) is 14.6 Å². The van der Waals surface area contributed by atoms with E-state index in [1.165, 1.54) is 25.3 Å². The molecular formula is C13H17F3N2O4. The molecule has 0 saturated carbocycles. The van der Waals surface area contributed by atoms with Crippen molar-refractivity contribution in [2.45, 2.75) is 6.18 Å². The summed E-state index contributed by atoms with van der Waals surface area (Å²) in [5.41, 5.74) is 0.149. The highest BCUT2D eigenvalue weighted by molar-refractivity contribution is 5.97. The number of methoxy groups -OCH3 is 1. The number of ether oxygens (including phenoxy) is 2. The van der Waals surface area contributed by atoms with Crippen molar-refractivity contribution in [2.75, 3.05) is 44.1 Å². The Morgan fingerprint density at radius 1 is 1.27 bits per heavy atom. The molecule has 3 N–H and O–H groups in total. The van der Waals surface area contributed by atoms with E-state index in [0.29, 0.717) is 12.4 Å². The predicted octanol–water partition coefficient (Wildman–Crippen LogP) is 1.62. The van der Waals surface area contributed by atoms with E-state index in [9.17, 15) is 18.0 Å². The van der Waals surface area contributed by atoms with Gasteiger partial charge < -0.3 is 25.2 Å². The molecule has 0 aliphatic carbocycles. The van der Waals surface area contributed by atoms with Crippen molar-refractivity contribution in [3.8, 4) is 5.75 Å². The Morgan fingerprint density at radius 3 is 2.59 bits per heavy atom. The first-order valence-corrected chi connectivity index (χ1v) is 6.37. The third-order valence-corrected chi connectivity index (χ3v) is 2.48. The number of hydrogen-bond donors (Lipinski definition) is 3. The van der Waals surface area contributed by atoms with Crippen LogP contribution in [-0.4, -0.2) is 50.7 Å². The van der Waals surface area contributed by atoms with Crippen LogP contribution in [0.15, 0.2) is 18.2 Å². The van der Waals surface area contributed by atoms with E-state index in [1.54, 1.807) is 5.32 Å². The molecule has 1 amide bonds. The maximum Gasteiger partial charge on any atom is 0.471 e. The first-order chi connectivity index (χ1) is 10.4. The molecular weight excluding hydrogens is 305 g/mol. The lowest BCUT2D eigenvalue weighted by atomic mass is 10.2. The van der Waals surface area contributed by atoms with Crippen molar-refractivity contribution in [1.82, 2.24) is 0 Å². The minimum absolute atomic E-state index is 0.0603. The average Bonchev–Trinajstić information content (AvgIpc) is 2.46. The van der Waals surface area contributed by atoms with Crippen LogP contribution in [0.2, 0.25) is 0 Å². The zero-order chi connectivity index (χ0) is 16.6. The van der Waals surface area contributed by atoms with Gasteiger partial charge in [0.1, 0.15) is 12.4 Å². The van der Waals surface area contributed by atoms with Gasteiger partial charge in [0.15, 0.2) is 0 Å². The molecule has 0 heterocycles. The highest BCUT2D eigenvalue weighted by Crippen LogP contribution is 2.29. The Kier molecular flexibility index (Phi) is 6.93. The molecule has 6 nitrogen and oxygen atoms in total. The van der Waals surface area contributed by atoms with Crippen LogP contribution < -0.4 is 15.4 Å². The summed E-state index contributed by atoms with van der Waals surface area (Å²) < 4.78 is 47.0. The summed E-state index contributed by atoms with van der Waals surface area (Å²) in [6, 6.07) is 4.13. The molecule has 1 rings (SSSR count). The molecule has 124 valence electrons. The lowest BCUT2D eigenvalue weighted by Crippen LogP contribution is -2.30. The topological polar surface area (TPSA) is 79.8 Å². The Labute approximate surface area is 125 Å². The standard InChI is InChI=1S/C13H17F3N2O4/c1-21-6-7-22-9-2-3-10(11(8-9)17-4-5-19)18-12(20)13(14,15)16/h2-3,8,17,19H,4-7H2,1H3,(H,18,20). The number of hydrogen-bond acceptors (Lipinski definition) is 5. The number of amides is 1. The van der Waals surface area contributed by atoms with Crippen molar-refractivity contribution >= 4 is 17.3 Å². The molecule has 1 aromatic rings. The highest BCUT2D eigenvalue weighted by atomic mass is 19.4. The van der Waals surface area contributed by atoms with Crippen LogP contribution in [0.3, 0.4) is 0 Å². The fourth-order valence-electron chi connectivity index (χ4n) is 1.50. The average molecular weight is 322 g/mol. The number of halogens is 3. The van der Waals surface area contributed by atoms with E-state index in [2.05, 4.69) is 5.32 Å². The molecule has 0 aromatic heterocycles. The maximum atomic E-state index is 12.3. The Bertz CT molecular complexity index is 495. The van der Waals surface area contributed by atoms with Crippen LogP contribution in [0.5, 0.6) is 5.75 Å². The Morgan fingerprint density at radius 2 is 2.00 bits per heavy atom. The molecule has 0 aliphatic heterocycles. The molecule has 0 radical (unpaired) electrons. The molecule has 0 aliphatic rings. The second kappa shape index (κ2) is 8.44. The quantitative estimate of drug-likeness (QED) is 0.634. The van der Waals surface area contributed by atoms with Gasteiger partial charge in [-0.2, -0.15) is 13.2 Å². The number of aliphatic hydroxyl groups excluding tert-OH is 1. The molecule has 0 atom stereocenters. The molecule has 0 saturated heterocycles. The van der Waals surface area contributed by atoms with Gasteiger partial charge in [0, 0.05) is 19.7 Å². The second-order valence-corrected chi connectivity index (χ2v) is 4.15. The zero-order valence-corrected chi connectivity index (χ0v) is 11.9. The van der Waals surface area contributed by atoms with Crippen molar-refractivity contribution < 1.29 is 32.5 Å². The van der Waals surface area contributed by atoms with Gasteiger partial charge in [-0.1, -0.05) is 0 Å². The van der Waals surface area contributed by atoms with E-state index in [-0.39, 0.29) is 31.1 Å². The molecule has 22 heavy (non-hydrogen) atoms. The van der Waals surface area contributed by atoms with Crippen LogP contribution in [-0.2, 0) is 9.53 Å². The maximum absolute atomic E-state index is 12.3. The minimum Gasteiger partial charge on any atom is -0.491 e. The number of rotatable bonds is 8. The van der Waals surface area contributed by atoms with Crippen molar-refractivity contribution in [3.05, 3.63) is 18.2 Å². The molecule has 1 aromatic carbocycles. The van der Waals surface area contributed by atoms with E-state index in [1.807, 2.05) is 0 Å². The molecule has 9 heteroatoms. The molecule has 0 fully saturated rings. The fourth-order valence-corrected chi connectivity index (χ4v) is 1.50. The van der Waals surface area contributed by atoms with Gasteiger partial charge in [-0.25, -0.2) is 0 Å². The van der Waals surface area contributed by atoms with E-state index < -0.39 is 12.1 Å². The van der Waals surface area contributed by atoms with Crippen LogP contribution in [0.4, 0.5) is 24.5 Å². The number of alkyl halides is 3. The van der Waals surface area contributed by atoms with E-state index >= 15 is 0 Å². The van der Waals surface area contributed by atoms with Crippen molar-refractivity contribution in [3.63, 3.8) is 0 Å². The summed E-state index contributed by atoms with van der Waals surface area (Å²) >= 11 is 0. The van der Waals surface area contributed by atoms with Crippen molar-refractivity contribution in [2.24, 2.45) is 0 Å². The molecule has 0 unspecified atom stereocenters.